The zero-order chi connectivity index (χ0) is 16.7. The first-order valence-electron chi connectivity index (χ1n) is 8.14. The van der Waals surface area contributed by atoms with Crippen LogP contribution >= 0.6 is 0 Å². The van der Waals surface area contributed by atoms with Crippen molar-refractivity contribution in [1.82, 2.24) is 0 Å². The van der Waals surface area contributed by atoms with Gasteiger partial charge < -0.3 is 9.84 Å². The van der Waals surface area contributed by atoms with E-state index in [-0.39, 0.29) is 23.3 Å². The Morgan fingerprint density at radius 2 is 2.04 bits per heavy atom. The number of aliphatic hydroxyl groups is 1. The van der Waals surface area contributed by atoms with Gasteiger partial charge in [0.1, 0.15) is 0 Å². The Morgan fingerprint density at radius 3 is 2.70 bits per heavy atom. The Bertz CT molecular complexity index is 654. The van der Waals surface area contributed by atoms with Crippen molar-refractivity contribution in [3.05, 3.63) is 29.8 Å². The van der Waals surface area contributed by atoms with Gasteiger partial charge in [0.15, 0.2) is 0 Å². The van der Waals surface area contributed by atoms with Crippen molar-refractivity contribution >= 4 is 10.1 Å². The van der Waals surface area contributed by atoms with E-state index in [2.05, 4.69) is 0 Å². The average Bonchev–Trinajstić information content (AvgIpc) is 2.92. The number of rotatable bonds is 5. The molecule has 23 heavy (non-hydrogen) atoms. The van der Waals surface area contributed by atoms with Crippen LogP contribution in [0.15, 0.2) is 29.2 Å². The standard InChI is InChI=1S/C17H24O5S/c1-3-17-9-14(10-21-17)13(8-16(17)18)11-22-23(19,20)15-6-4-12(2)5-7-15/h4-7,13-14,16,18H,3,8-11H2,1-2H3. The van der Waals surface area contributed by atoms with Crippen LogP contribution in [-0.4, -0.2) is 38.4 Å². The fourth-order valence-corrected chi connectivity index (χ4v) is 4.66. The van der Waals surface area contributed by atoms with Gasteiger partial charge in [-0.2, -0.15) is 8.42 Å². The Hall–Kier alpha value is -0.950. The summed E-state index contributed by atoms with van der Waals surface area (Å²) in [6.45, 7) is 4.59. The lowest BCUT2D eigenvalue weighted by molar-refractivity contribution is -0.101. The summed E-state index contributed by atoms with van der Waals surface area (Å²) in [6.07, 6.45) is 1.53. The molecule has 1 N–H and O–H groups in total. The van der Waals surface area contributed by atoms with Crippen molar-refractivity contribution in [3.8, 4) is 0 Å². The highest BCUT2D eigenvalue weighted by Gasteiger charge is 2.52. The first kappa shape index (κ1) is 16.9. The lowest BCUT2D eigenvalue weighted by atomic mass is 9.72. The van der Waals surface area contributed by atoms with Crippen LogP contribution in [0.5, 0.6) is 0 Å². The fourth-order valence-electron chi connectivity index (χ4n) is 3.70. The van der Waals surface area contributed by atoms with Crippen molar-refractivity contribution in [2.45, 2.75) is 49.7 Å². The van der Waals surface area contributed by atoms with Crippen LogP contribution in [0.25, 0.3) is 0 Å². The molecule has 2 bridgehead atoms. The number of fused-ring (bicyclic) bond motifs is 2. The maximum Gasteiger partial charge on any atom is 0.296 e. The van der Waals surface area contributed by atoms with Crippen LogP contribution in [0, 0.1) is 18.8 Å². The van der Waals surface area contributed by atoms with Gasteiger partial charge in [-0.15, -0.1) is 0 Å². The molecule has 1 saturated heterocycles. The lowest BCUT2D eigenvalue weighted by Gasteiger charge is -2.39. The molecule has 1 heterocycles. The molecular formula is C17H24O5S. The van der Waals surface area contributed by atoms with Gasteiger partial charge in [-0.05, 0) is 50.2 Å². The molecule has 2 fully saturated rings. The number of aliphatic hydroxyl groups excluding tert-OH is 1. The topological polar surface area (TPSA) is 72.8 Å². The summed E-state index contributed by atoms with van der Waals surface area (Å²) in [6, 6.07) is 6.62. The Labute approximate surface area is 137 Å². The van der Waals surface area contributed by atoms with Gasteiger partial charge in [0, 0.05) is 0 Å². The molecule has 4 unspecified atom stereocenters. The first-order valence-corrected chi connectivity index (χ1v) is 9.55. The van der Waals surface area contributed by atoms with E-state index in [0.29, 0.717) is 13.0 Å². The predicted octanol–water partition coefficient (Wildman–Crippen LogP) is 2.27. The summed E-state index contributed by atoms with van der Waals surface area (Å²) >= 11 is 0. The molecule has 0 radical (unpaired) electrons. The molecule has 6 heteroatoms. The smallest absolute Gasteiger partial charge is 0.296 e. The van der Waals surface area contributed by atoms with E-state index >= 15 is 0 Å². The van der Waals surface area contributed by atoms with Crippen molar-refractivity contribution in [2.75, 3.05) is 13.2 Å². The Kier molecular flexibility index (Phi) is 4.53. The molecule has 1 aliphatic heterocycles. The minimum Gasteiger partial charge on any atom is -0.390 e. The molecule has 1 aromatic rings. The van der Waals surface area contributed by atoms with E-state index in [9.17, 15) is 13.5 Å². The van der Waals surface area contributed by atoms with Gasteiger partial charge in [-0.25, -0.2) is 0 Å². The summed E-state index contributed by atoms with van der Waals surface area (Å²) in [4.78, 5) is 0.171. The zero-order valence-corrected chi connectivity index (χ0v) is 14.4. The monoisotopic (exact) mass is 340 g/mol. The molecule has 3 rings (SSSR count). The van der Waals surface area contributed by atoms with Gasteiger partial charge in [0.25, 0.3) is 10.1 Å². The molecule has 0 spiro atoms. The number of hydrogen-bond donors (Lipinski definition) is 1. The van der Waals surface area contributed by atoms with E-state index in [0.717, 1.165) is 18.4 Å². The highest BCUT2D eigenvalue weighted by Crippen LogP contribution is 2.47. The van der Waals surface area contributed by atoms with Crippen LogP contribution in [0.3, 0.4) is 0 Å². The summed E-state index contributed by atoms with van der Waals surface area (Å²) in [7, 11) is -3.76. The minimum absolute atomic E-state index is 0.00685. The van der Waals surface area contributed by atoms with Gasteiger partial charge in [0.05, 0.1) is 29.8 Å². The van der Waals surface area contributed by atoms with Crippen LogP contribution in [0.1, 0.15) is 31.7 Å². The normalized spacial score (nSPS) is 33.8. The highest BCUT2D eigenvalue weighted by atomic mass is 32.2. The van der Waals surface area contributed by atoms with Crippen LogP contribution < -0.4 is 0 Å². The van der Waals surface area contributed by atoms with Gasteiger partial charge in [0.2, 0.25) is 0 Å². The van der Waals surface area contributed by atoms with Crippen LogP contribution in [0.4, 0.5) is 0 Å². The Balaban J connectivity index is 1.66. The van der Waals surface area contributed by atoms with E-state index in [1.165, 1.54) is 0 Å². The number of ether oxygens (including phenoxy) is 1. The number of benzene rings is 1. The molecule has 1 aromatic carbocycles. The third-order valence-corrected chi connectivity index (χ3v) is 6.63. The summed E-state index contributed by atoms with van der Waals surface area (Å²) in [5, 5.41) is 10.4. The van der Waals surface area contributed by atoms with Crippen molar-refractivity contribution < 1.29 is 22.4 Å². The molecule has 128 valence electrons. The second kappa shape index (κ2) is 6.16. The summed E-state index contributed by atoms with van der Waals surface area (Å²) in [5.41, 5.74) is 0.565. The number of aryl methyl sites for hydroxylation is 1. The fraction of sp³-hybridized carbons (Fsp3) is 0.647. The quantitative estimate of drug-likeness (QED) is 0.833. The van der Waals surface area contributed by atoms with E-state index in [1.54, 1.807) is 24.3 Å². The minimum atomic E-state index is -3.76. The van der Waals surface area contributed by atoms with Crippen molar-refractivity contribution in [3.63, 3.8) is 0 Å². The SMILES string of the molecule is CCC12CC(CO1)C(COS(=O)(=O)c1ccc(C)cc1)CC2O. The molecular weight excluding hydrogens is 316 g/mol. The molecule has 1 saturated carbocycles. The van der Waals surface area contributed by atoms with Crippen molar-refractivity contribution in [2.24, 2.45) is 11.8 Å². The van der Waals surface area contributed by atoms with E-state index in [1.807, 2.05) is 13.8 Å². The largest absolute Gasteiger partial charge is 0.390 e. The van der Waals surface area contributed by atoms with Gasteiger partial charge >= 0.3 is 0 Å². The first-order chi connectivity index (χ1) is 10.9. The summed E-state index contributed by atoms with van der Waals surface area (Å²) in [5.74, 6) is 0.263. The molecule has 4 atom stereocenters. The second-order valence-electron chi connectivity index (χ2n) is 6.76. The Morgan fingerprint density at radius 1 is 1.35 bits per heavy atom. The average molecular weight is 340 g/mol. The second-order valence-corrected chi connectivity index (χ2v) is 8.37. The zero-order valence-electron chi connectivity index (χ0n) is 13.6. The molecule has 0 amide bonds. The molecule has 5 nitrogen and oxygen atoms in total. The van der Waals surface area contributed by atoms with Crippen LogP contribution in [-0.2, 0) is 19.0 Å². The van der Waals surface area contributed by atoms with E-state index in [4.69, 9.17) is 8.92 Å². The third-order valence-electron chi connectivity index (χ3n) is 5.34. The van der Waals surface area contributed by atoms with Gasteiger partial charge in [-0.3, -0.25) is 4.18 Å². The maximum absolute atomic E-state index is 12.3. The molecule has 1 aliphatic carbocycles. The highest BCUT2D eigenvalue weighted by molar-refractivity contribution is 7.86. The molecule has 0 aromatic heterocycles. The van der Waals surface area contributed by atoms with Crippen molar-refractivity contribution in [1.29, 1.82) is 0 Å². The van der Waals surface area contributed by atoms with Crippen LogP contribution in [0.2, 0.25) is 0 Å². The maximum atomic E-state index is 12.3. The molecule has 2 aliphatic rings. The van der Waals surface area contributed by atoms with E-state index < -0.39 is 21.8 Å². The lowest BCUT2D eigenvalue weighted by Crippen LogP contribution is -2.46. The summed E-state index contributed by atoms with van der Waals surface area (Å²) < 4.78 is 35.6. The number of hydrogen-bond acceptors (Lipinski definition) is 5. The predicted molar refractivity (Wildman–Crippen MR) is 85.5 cm³/mol. The van der Waals surface area contributed by atoms with Gasteiger partial charge in [-0.1, -0.05) is 24.6 Å². The third kappa shape index (κ3) is 3.18.